The number of carbonyl (C=O) groups excluding carboxylic acids is 3. The van der Waals surface area contributed by atoms with Gasteiger partial charge in [-0.3, -0.25) is 19.8 Å². The number of para-hydroxylation sites is 1. The van der Waals surface area contributed by atoms with Gasteiger partial charge in [0.2, 0.25) is 0 Å². The fourth-order valence-electron chi connectivity index (χ4n) is 3.63. The predicted octanol–water partition coefficient (Wildman–Crippen LogP) is 3.00. The van der Waals surface area contributed by atoms with Gasteiger partial charge in [-0.25, -0.2) is 4.79 Å². The van der Waals surface area contributed by atoms with Gasteiger partial charge in [-0.15, -0.1) is 0 Å². The number of nitrogens with one attached hydrogen (secondary N) is 2. The Balaban J connectivity index is 1.96. The molecule has 0 radical (unpaired) electrons. The number of methoxy groups -OCH3 is 1. The molecule has 2 fully saturated rings. The topological polar surface area (TPSA) is 106 Å². The first kappa shape index (κ1) is 24.1. The van der Waals surface area contributed by atoms with E-state index in [-0.39, 0.29) is 23.3 Å². The van der Waals surface area contributed by atoms with Gasteiger partial charge in [-0.2, -0.15) is 0 Å². The number of benzene rings is 1. The molecule has 2 saturated heterocycles. The van der Waals surface area contributed by atoms with Crippen LogP contribution in [0.4, 0.5) is 9.59 Å². The maximum Gasteiger partial charge on any atom is 0.416 e. The van der Waals surface area contributed by atoms with Crippen LogP contribution in [-0.2, 0) is 9.53 Å². The second-order valence-electron chi connectivity index (χ2n) is 8.42. The number of carbonyl (C=O) groups is 3. The number of hydrogen-bond acceptors (Lipinski definition) is 8. The maximum absolute atomic E-state index is 13.4. The number of imide groups is 1. The van der Waals surface area contributed by atoms with Crippen molar-refractivity contribution in [3.05, 3.63) is 28.7 Å². The van der Waals surface area contributed by atoms with E-state index < -0.39 is 22.8 Å². The van der Waals surface area contributed by atoms with Crippen molar-refractivity contribution in [1.29, 1.82) is 0 Å². The summed E-state index contributed by atoms with van der Waals surface area (Å²) < 4.78 is 16.7. The van der Waals surface area contributed by atoms with Crippen LogP contribution in [0, 0.1) is 0 Å². The van der Waals surface area contributed by atoms with Crippen molar-refractivity contribution in [3.63, 3.8) is 0 Å². The van der Waals surface area contributed by atoms with Crippen LogP contribution in [-0.4, -0.2) is 67.1 Å². The molecule has 9 nitrogen and oxygen atoms in total. The lowest BCUT2D eigenvalue weighted by Gasteiger charge is -2.39. The molecule has 2 aliphatic rings. The van der Waals surface area contributed by atoms with Gasteiger partial charge >= 0.3 is 6.09 Å². The normalized spacial score (nSPS) is 19.9. The van der Waals surface area contributed by atoms with Crippen molar-refractivity contribution in [1.82, 2.24) is 15.5 Å². The Morgan fingerprint density at radius 1 is 1.28 bits per heavy atom. The second-order valence-corrected chi connectivity index (χ2v) is 9.44. The van der Waals surface area contributed by atoms with Crippen molar-refractivity contribution in [2.45, 2.75) is 38.8 Å². The summed E-state index contributed by atoms with van der Waals surface area (Å²) in [7, 11) is 1.56. The summed E-state index contributed by atoms with van der Waals surface area (Å²) in [6.45, 7) is 8.01. The van der Waals surface area contributed by atoms with Crippen LogP contribution < -0.4 is 20.1 Å². The number of rotatable bonds is 7. The highest BCUT2D eigenvalue weighted by molar-refractivity contribution is 8.18. The third-order valence-electron chi connectivity index (χ3n) is 4.99. The highest BCUT2D eigenvalue weighted by Gasteiger charge is 2.37. The van der Waals surface area contributed by atoms with Crippen LogP contribution in [0.15, 0.2) is 23.1 Å². The van der Waals surface area contributed by atoms with E-state index >= 15 is 0 Å². The minimum atomic E-state index is -0.506. The van der Waals surface area contributed by atoms with E-state index in [0.717, 1.165) is 24.7 Å². The second kappa shape index (κ2) is 10.4. The zero-order valence-electron chi connectivity index (χ0n) is 18.7. The molecule has 2 N–H and O–H groups in total. The molecule has 1 atom stereocenters. The number of thioether (sulfide) groups is 1. The first-order valence-electron chi connectivity index (χ1n) is 10.4. The quantitative estimate of drug-likeness (QED) is 0.470. The Kier molecular flexibility index (Phi) is 7.81. The Morgan fingerprint density at radius 2 is 2.06 bits per heavy atom. The van der Waals surface area contributed by atoms with Crippen LogP contribution in [0.2, 0.25) is 0 Å². The van der Waals surface area contributed by atoms with Crippen molar-refractivity contribution in [2.75, 3.05) is 33.4 Å². The van der Waals surface area contributed by atoms with Crippen molar-refractivity contribution >= 4 is 35.1 Å². The van der Waals surface area contributed by atoms with Crippen LogP contribution in [0.5, 0.6) is 11.5 Å². The smallest absolute Gasteiger partial charge is 0.416 e. The molecule has 174 valence electrons. The first-order valence-corrected chi connectivity index (χ1v) is 11.2. The minimum absolute atomic E-state index is 0.000312. The summed E-state index contributed by atoms with van der Waals surface area (Å²) >= 11 is 0.796. The largest absolute Gasteiger partial charge is 0.487 e. The lowest BCUT2D eigenvalue weighted by molar-refractivity contribution is -0.115. The lowest BCUT2D eigenvalue weighted by Crippen LogP contribution is -2.53. The van der Waals surface area contributed by atoms with Crippen LogP contribution >= 0.6 is 11.8 Å². The molecule has 0 bridgehead atoms. The molecule has 0 aliphatic carbocycles. The average Bonchev–Trinajstić information content (AvgIpc) is 3.33. The molecule has 0 saturated carbocycles. The van der Waals surface area contributed by atoms with E-state index in [2.05, 4.69) is 10.6 Å². The Hall–Kier alpha value is -2.56. The fraction of sp³-hybridized carbons (Fsp3) is 0.500. The Morgan fingerprint density at radius 3 is 2.66 bits per heavy atom. The Bertz CT molecular complexity index is 905. The van der Waals surface area contributed by atoms with Gasteiger partial charge in [0.05, 0.1) is 11.5 Å². The molecule has 1 unspecified atom stereocenters. The van der Waals surface area contributed by atoms with Crippen LogP contribution in [0.3, 0.4) is 0 Å². The summed E-state index contributed by atoms with van der Waals surface area (Å²) in [5, 5.41) is 5.06. The van der Waals surface area contributed by atoms with Crippen molar-refractivity contribution in [3.8, 4) is 11.5 Å². The van der Waals surface area contributed by atoms with Crippen molar-refractivity contribution < 1.29 is 28.6 Å². The SMILES string of the molecule is COCCOc1cccc(C=C2SC(=O)NC2=O)c1OC(=O)N(C1CCNC1)C(C)(C)C. The van der Waals surface area contributed by atoms with Gasteiger partial charge in [0.25, 0.3) is 11.1 Å². The molecule has 1 aromatic carbocycles. The van der Waals surface area contributed by atoms with Gasteiger partial charge in [0, 0.05) is 30.8 Å². The van der Waals surface area contributed by atoms with E-state index in [0.29, 0.717) is 24.5 Å². The molecule has 0 aromatic heterocycles. The highest BCUT2D eigenvalue weighted by atomic mass is 32.2. The summed E-state index contributed by atoms with van der Waals surface area (Å²) in [5.41, 5.74) is -0.00898. The average molecular weight is 464 g/mol. The molecule has 1 aromatic rings. The third-order valence-corrected chi connectivity index (χ3v) is 5.80. The maximum atomic E-state index is 13.4. The molecular formula is C22H29N3O6S. The zero-order valence-corrected chi connectivity index (χ0v) is 19.5. The lowest BCUT2D eigenvalue weighted by atomic mass is 10.0. The van der Waals surface area contributed by atoms with E-state index in [9.17, 15) is 14.4 Å². The monoisotopic (exact) mass is 463 g/mol. The molecular weight excluding hydrogens is 434 g/mol. The van der Waals surface area contributed by atoms with Gasteiger partial charge in [-0.05, 0) is 57.6 Å². The summed E-state index contributed by atoms with van der Waals surface area (Å²) in [5.74, 6) is 0.0447. The molecule has 3 rings (SSSR count). The molecule has 10 heteroatoms. The number of amides is 3. The number of ether oxygens (including phenoxy) is 3. The van der Waals surface area contributed by atoms with E-state index in [4.69, 9.17) is 14.2 Å². The van der Waals surface area contributed by atoms with E-state index in [1.54, 1.807) is 30.2 Å². The number of nitrogens with zero attached hydrogens (tertiary/aromatic N) is 1. The molecule has 3 amide bonds. The molecule has 0 spiro atoms. The molecule has 32 heavy (non-hydrogen) atoms. The highest BCUT2D eigenvalue weighted by Crippen LogP contribution is 2.36. The van der Waals surface area contributed by atoms with Gasteiger partial charge in [0.15, 0.2) is 11.5 Å². The van der Waals surface area contributed by atoms with E-state index in [1.165, 1.54) is 6.08 Å². The Labute approximate surface area is 191 Å². The zero-order chi connectivity index (χ0) is 23.3. The third kappa shape index (κ3) is 5.81. The summed E-state index contributed by atoms with van der Waals surface area (Å²) in [6.07, 6.45) is 1.84. The predicted molar refractivity (Wildman–Crippen MR) is 122 cm³/mol. The minimum Gasteiger partial charge on any atom is -0.487 e. The van der Waals surface area contributed by atoms with E-state index in [1.807, 2.05) is 20.8 Å². The summed E-state index contributed by atoms with van der Waals surface area (Å²) in [6, 6.07) is 5.12. The molecule has 2 aliphatic heterocycles. The standard InChI is InChI=1S/C22H29N3O6S/c1-22(2,3)25(15-8-9-23-13-15)21(28)31-18-14(12-17-19(26)24-20(27)32-17)6-5-7-16(18)30-11-10-29-4/h5-7,12,15,23H,8-11,13H2,1-4H3,(H,24,26,27). The summed E-state index contributed by atoms with van der Waals surface area (Å²) in [4.78, 5) is 38.9. The van der Waals surface area contributed by atoms with Gasteiger partial charge in [0.1, 0.15) is 6.61 Å². The van der Waals surface area contributed by atoms with Crippen LogP contribution in [0.1, 0.15) is 32.8 Å². The first-order chi connectivity index (χ1) is 15.2. The number of hydrogen-bond donors (Lipinski definition) is 2. The van der Waals surface area contributed by atoms with Gasteiger partial charge < -0.3 is 19.5 Å². The van der Waals surface area contributed by atoms with Crippen molar-refractivity contribution in [2.24, 2.45) is 0 Å². The van der Waals surface area contributed by atoms with Crippen LogP contribution in [0.25, 0.3) is 6.08 Å². The fourth-order valence-corrected chi connectivity index (χ4v) is 4.31. The van der Waals surface area contributed by atoms with Gasteiger partial charge in [-0.1, -0.05) is 12.1 Å². The molecule has 2 heterocycles.